The molecule has 0 N–H and O–H groups in total. The van der Waals surface area contributed by atoms with Gasteiger partial charge in [0.1, 0.15) is 0 Å². The molecule has 0 aromatic rings. The van der Waals surface area contributed by atoms with Gasteiger partial charge in [0.15, 0.2) is 0 Å². The molecule has 0 atom stereocenters. The van der Waals surface area contributed by atoms with Crippen molar-refractivity contribution in [3.05, 3.63) is 41.0 Å². The van der Waals surface area contributed by atoms with Crippen LogP contribution in [0.2, 0.25) is 4.63 Å². The van der Waals surface area contributed by atoms with Crippen molar-refractivity contribution >= 4 is 0 Å². The van der Waals surface area contributed by atoms with Crippen LogP contribution in [0.15, 0.2) is 41.0 Å². The molecule has 0 bridgehead atoms. The SMILES string of the molecule is CC1=CC[C]([Zr]([CH3])[C]2=C(C)C(C)=CC2)=C1C. The van der Waals surface area contributed by atoms with Crippen LogP contribution in [0.25, 0.3) is 0 Å². The Morgan fingerprint density at radius 2 is 1.19 bits per heavy atom. The van der Waals surface area contributed by atoms with E-state index in [1.165, 1.54) is 24.0 Å². The predicted octanol–water partition coefficient (Wildman–Crippen LogP) is 4.90. The van der Waals surface area contributed by atoms with E-state index in [1.54, 1.807) is 11.1 Å². The van der Waals surface area contributed by atoms with Gasteiger partial charge in [-0.2, -0.15) is 0 Å². The van der Waals surface area contributed by atoms with Crippen molar-refractivity contribution in [2.45, 2.75) is 45.2 Å². The number of allylic oxidation sites excluding steroid dienone is 8. The fourth-order valence-electron chi connectivity index (χ4n) is 2.65. The van der Waals surface area contributed by atoms with Crippen molar-refractivity contribution in [2.75, 3.05) is 0 Å². The van der Waals surface area contributed by atoms with E-state index >= 15 is 0 Å². The average Bonchev–Trinajstić information content (AvgIpc) is 2.74. The molecule has 0 amide bonds. The quantitative estimate of drug-likeness (QED) is 0.679. The van der Waals surface area contributed by atoms with Gasteiger partial charge in [0.25, 0.3) is 0 Å². The Kier molecular flexibility index (Phi) is 3.54. The Morgan fingerprint density at radius 1 is 0.812 bits per heavy atom. The van der Waals surface area contributed by atoms with E-state index in [4.69, 9.17) is 0 Å². The molecule has 0 aromatic carbocycles. The third-order valence-electron chi connectivity index (χ3n) is 4.22. The van der Waals surface area contributed by atoms with Crippen molar-refractivity contribution in [1.29, 1.82) is 0 Å². The summed E-state index contributed by atoms with van der Waals surface area (Å²) in [5, 5.41) is 0. The van der Waals surface area contributed by atoms with E-state index in [0.717, 1.165) is 0 Å². The van der Waals surface area contributed by atoms with Crippen molar-refractivity contribution in [2.24, 2.45) is 0 Å². The van der Waals surface area contributed by atoms with Crippen LogP contribution in [0.1, 0.15) is 40.5 Å². The van der Waals surface area contributed by atoms with E-state index in [0.29, 0.717) is 0 Å². The molecule has 0 nitrogen and oxygen atoms in total. The monoisotopic (exact) mass is 291 g/mol. The Hall–Kier alpha value is -0.157. The van der Waals surface area contributed by atoms with Crippen molar-refractivity contribution in [3.8, 4) is 0 Å². The number of rotatable bonds is 2. The molecule has 0 heterocycles. The molecule has 0 saturated heterocycles. The average molecular weight is 293 g/mol. The van der Waals surface area contributed by atoms with Gasteiger partial charge in [-0.15, -0.1) is 0 Å². The molecule has 2 aliphatic carbocycles. The van der Waals surface area contributed by atoms with Gasteiger partial charge in [-0.1, -0.05) is 0 Å². The summed E-state index contributed by atoms with van der Waals surface area (Å²) in [6.07, 6.45) is 7.33. The van der Waals surface area contributed by atoms with E-state index in [9.17, 15) is 0 Å². The number of hydrogen-bond acceptors (Lipinski definition) is 0. The van der Waals surface area contributed by atoms with Crippen LogP contribution in [0.4, 0.5) is 0 Å². The fraction of sp³-hybridized carbons (Fsp3) is 0.467. The molecular formula is C15H21Zr. The summed E-state index contributed by atoms with van der Waals surface area (Å²) < 4.78 is 6.23. The van der Waals surface area contributed by atoms with Crippen molar-refractivity contribution in [1.82, 2.24) is 0 Å². The molecule has 0 spiro atoms. The van der Waals surface area contributed by atoms with E-state index in [2.05, 4.69) is 44.5 Å². The topological polar surface area (TPSA) is 0 Å². The first kappa shape index (κ1) is 12.3. The first-order valence-electron chi connectivity index (χ1n) is 6.10. The van der Waals surface area contributed by atoms with Crippen LogP contribution >= 0.6 is 0 Å². The summed E-state index contributed by atoms with van der Waals surface area (Å²) >= 11 is -1.46. The Labute approximate surface area is 108 Å². The summed E-state index contributed by atoms with van der Waals surface area (Å²) in [5.41, 5.74) is 6.27. The third kappa shape index (κ3) is 1.99. The summed E-state index contributed by atoms with van der Waals surface area (Å²) in [7, 11) is 0. The standard InChI is InChI=1S/2C7H9.CH3.Zr/c2*1-6-4-3-5-7(6)2;;/h2*4H,3H2,1-2H3;1H3;. The predicted molar refractivity (Wildman–Crippen MR) is 68.0 cm³/mol. The van der Waals surface area contributed by atoms with Crippen LogP contribution in [0.5, 0.6) is 0 Å². The fourth-order valence-corrected chi connectivity index (χ4v) is 9.29. The molecule has 0 aromatic heterocycles. The maximum atomic E-state index is 2.57. The summed E-state index contributed by atoms with van der Waals surface area (Å²) in [4.78, 5) is 0. The normalized spacial score (nSPS) is 20.6. The van der Waals surface area contributed by atoms with E-state index < -0.39 is 21.8 Å². The molecule has 0 unspecified atom stereocenters. The minimum absolute atomic E-state index is 1.25. The second-order valence-corrected chi connectivity index (χ2v) is 11.1. The summed E-state index contributed by atoms with van der Waals surface area (Å²) in [6, 6.07) is 0. The minimum atomic E-state index is -1.46. The van der Waals surface area contributed by atoms with Crippen LogP contribution < -0.4 is 0 Å². The summed E-state index contributed by atoms with van der Waals surface area (Å²) in [6.45, 7) is 9.17. The van der Waals surface area contributed by atoms with Crippen molar-refractivity contribution < 1.29 is 21.8 Å². The molecule has 16 heavy (non-hydrogen) atoms. The Morgan fingerprint density at radius 3 is 1.44 bits per heavy atom. The molecule has 2 rings (SSSR count). The Bertz CT molecular complexity index is 402. The van der Waals surface area contributed by atoms with Gasteiger partial charge in [0.2, 0.25) is 0 Å². The molecule has 0 fully saturated rings. The maximum absolute atomic E-state index is 2.57. The zero-order valence-electron chi connectivity index (χ0n) is 11.1. The van der Waals surface area contributed by atoms with Gasteiger partial charge in [-0.05, 0) is 0 Å². The van der Waals surface area contributed by atoms with Gasteiger partial charge in [0, 0.05) is 0 Å². The third-order valence-corrected chi connectivity index (χ3v) is 11.5. The van der Waals surface area contributed by atoms with Crippen LogP contribution in [0.3, 0.4) is 0 Å². The van der Waals surface area contributed by atoms with Crippen LogP contribution in [-0.4, -0.2) is 0 Å². The number of hydrogen-bond donors (Lipinski definition) is 0. The van der Waals surface area contributed by atoms with Gasteiger partial charge < -0.3 is 0 Å². The molecule has 1 heteroatoms. The second kappa shape index (κ2) is 4.61. The zero-order valence-corrected chi connectivity index (χ0v) is 13.5. The zero-order chi connectivity index (χ0) is 11.9. The van der Waals surface area contributed by atoms with Gasteiger partial charge in [0.05, 0.1) is 0 Å². The molecule has 0 radical (unpaired) electrons. The molecule has 85 valence electrons. The van der Waals surface area contributed by atoms with E-state index in [-0.39, 0.29) is 0 Å². The van der Waals surface area contributed by atoms with E-state index in [1.807, 2.05) is 6.56 Å². The van der Waals surface area contributed by atoms with Crippen LogP contribution in [-0.2, 0) is 21.8 Å². The van der Waals surface area contributed by atoms with Gasteiger partial charge in [-0.25, -0.2) is 0 Å². The molecular weight excluding hydrogens is 271 g/mol. The molecule has 2 aliphatic rings. The first-order valence-corrected chi connectivity index (χ1v) is 11.0. The molecule has 0 aliphatic heterocycles. The van der Waals surface area contributed by atoms with Crippen LogP contribution in [0, 0.1) is 0 Å². The van der Waals surface area contributed by atoms with Gasteiger partial charge in [-0.3, -0.25) is 0 Å². The van der Waals surface area contributed by atoms with Crippen molar-refractivity contribution in [3.63, 3.8) is 0 Å². The molecule has 0 saturated carbocycles. The van der Waals surface area contributed by atoms with Gasteiger partial charge >= 0.3 is 108 Å². The summed E-state index contributed by atoms with van der Waals surface area (Å²) in [5.74, 6) is 0. The Balaban J connectivity index is 2.27. The first-order chi connectivity index (χ1) is 7.52. The second-order valence-electron chi connectivity index (χ2n) is 5.01.